The molecule has 1 heterocycles. The zero-order chi connectivity index (χ0) is 27.8. The van der Waals surface area contributed by atoms with Gasteiger partial charge >= 0.3 is 12.1 Å². The SMILES string of the molecule is CCCCCCP(=O)(N[C@@H](CCCCNC(=O)OCc1ccccc1)C(=O)N1CCC[C@H]1C(=O)O)OCC. The van der Waals surface area contributed by atoms with E-state index >= 15 is 0 Å². The van der Waals surface area contributed by atoms with Crippen molar-refractivity contribution in [2.75, 3.05) is 25.9 Å². The van der Waals surface area contributed by atoms with Crippen molar-refractivity contribution in [2.24, 2.45) is 0 Å². The van der Waals surface area contributed by atoms with Crippen molar-refractivity contribution >= 4 is 25.5 Å². The number of nitrogens with zero attached hydrogens (tertiary/aromatic N) is 1. The molecule has 0 saturated carbocycles. The number of unbranched alkanes of at least 4 members (excludes halogenated alkanes) is 4. The van der Waals surface area contributed by atoms with Gasteiger partial charge in [0.05, 0.1) is 12.6 Å². The lowest BCUT2D eigenvalue weighted by molar-refractivity contribution is -0.148. The van der Waals surface area contributed by atoms with E-state index in [1.165, 1.54) is 4.90 Å². The van der Waals surface area contributed by atoms with Crippen LogP contribution in [0.4, 0.5) is 4.79 Å². The largest absolute Gasteiger partial charge is 0.480 e. The fraction of sp³-hybridized carbons (Fsp3) is 0.667. The average Bonchev–Trinajstić information content (AvgIpc) is 3.40. The van der Waals surface area contributed by atoms with E-state index in [0.29, 0.717) is 51.4 Å². The Morgan fingerprint density at radius 3 is 2.55 bits per heavy atom. The second kappa shape index (κ2) is 17.2. The van der Waals surface area contributed by atoms with Gasteiger partial charge in [-0.15, -0.1) is 0 Å². The van der Waals surface area contributed by atoms with E-state index in [1.54, 1.807) is 6.92 Å². The van der Waals surface area contributed by atoms with Crippen LogP contribution in [0.3, 0.4) is 0 Å². The van der Waals surface area contributed by atoms with E-state index in [0.717, 1.165) is 31.2 Å². The molecule has 0 bridgehead atoms. The van der Waals surface area contributed by atoms with Crippen molar-refractivity contribution < 1.29 is 33.3 Å². The third kappa shape index (κ3) is 11.1. The lowest BCUT2D eigenvalue weighted by Gasteiger charge is -2.30. The number of hydrogen-bond donors (Lipinski definition) is 3. The standard InChI is InChI=1S/C27H44N3O7P/c1-3-5-6-12-20-38(35,37-4-2)29-23(25(31)30-19-13-17-24(30)26(32)33)16-10-11-18-28-27(34)36-21-22-14-8-7-9-15-22/h7-9,14-15,23-24H,3-6,10-13,16-21H2,1-2H3,(H,28,34)(H,29,35)(H,32,33)/t23-,24-,38?/m0/s1. The number of nitrogens with one attached hydrogen (secondary N) is 2. The lowest BCUT2D eigenvalue weighted by atomic mass is 10.1. The zero-order valence-electron chi connectivity index (χ0n) is 22.7. The van der Waals surface area contributed by atoms with Gasteiger partial charge in [0, 0.05) is 19.3 Å². The molecule has 3 atom stereocenters. The lowest BCUT2D eigenvalue weighted by Crippen LogP contribution is -2.49. The van der Waals surface area contributed by atoms with Gasteiger partial charge in [-0.05, 0) is 51.0 Å². The van der Waals surface area contributed by atoms with Gasteiger partial charge in [-0.1, -0.05) is 56.5 Å². The zero-order valence-corrected chi connectivity index (χ0v) is 23.6. The Labute approximate surface area is 226 Å². The molecule has 11 heteroatoms. The number of carboxylic acid groups (broad SMARTS) is 1. The molecule has 10 nitrogen and oxygen atoms in total. The Hall–Kier alpha value is -2.42. The summed E-state index contributed by atoms with van der Waals surface area (Å²) >= 11 is 0. The molecule has 1 fully saturated rings. The number of alkyl carbamates (subject to hydrolysis) is 1. The minimum atomic E-state index is -3.30. The summed E-state index contributed by atoms with van der Waals surface area (Å²) in [5.74, 6) is -1.39. The maximum atomic E-state index is 13.6. The number of benzene rings is 1. The van der Waals surface area contributed by atoms with E-state index < -0.39 is 31.7 Å². The first-order valence-corrected chi connectivity index (χ1v) is 15.6. The predicted molar refractivity (Wildman–Crippen MR) is 146 cm³/mol. The Morgan fingerprint density at radius 1 is 1.11 bits per heavy atom. The summed E-state index contributed by atoms with van der Waals surface area (Å²) in [6.07, 6.45) is 6.01. The van der Waals surface area contributed by atoms with E-state index in [4.69, 9.17) is 9.26 Å². The number of likely N-dealkylation sites (tertiary alicyclic amines) is 1. The van der Waals surface area contributed by atoms with Crippen LogP contribution in [0.5, 0.6) is 0 Å². The minimum Gasteiger partial charge on any atom is -0.480 e. The van der Waals surface area contributed by atoms with Crippen LogP contribution in [-0.2, 0) is 30.0 Å². The van der Waals surface area contributed by atoms with E-state index in [9.17, 15) is 24.1 Å². The van der Waals surface area contributed by atoms with Gasteiger partial charge in [0.25, 0.3) is 7.52 Å². The highest BCUT2D eigenvalue weighted by Gasteiger charge is 2.39. The highest BCUT2D eigenvalue weighted by molar-refractivity contribution is 7.56. The Balaban J connectivity index is 1.93. The van der Waals surface area contributed by atoms with Crippen molar-refractivity contribution in [2.45, 2.75) is 90.3 Å². The molecule has 1 aromatic rings. The van der Waals surface area contributed by atoms with Gasteiger partial charge in [-0.2, -0.15) is 0 Å². The van der Waals surface area contributed by atoms with Crippen molar-refractivity contribution in [3.05, 3.63) is 35.9 Å². The molecule has 0 radical (unpaired) electrons. The molecule has 2 amide bonds. The smallest absolute Gasteiger partial charge is 0.407 e. The van der Waals surface area contributed by atoms with Crippen molar-refractivity contribution in [1.29, 1.82) is 0 Å². The Bertz CT molecular complexity index is 915. The van der Waals surface area contributed by atoms with Crippen LogP contribution >= 0.6 is 7.52 Å². The summed E-state index contributed by atoms with van der Waals surface area (Å²) in [7, 11) is -3.30. The number of aliphatic carboxylic acids is 1. The highest BCUT2D eigenvalue weighted by Crippen LogP contribution is 2.44. The molecule has 1 unspecified atom stereocenters. The van der Waals surface area contributed by atoms with Gasteiger partial charge in [0.2, 0.25) is 5.91 Å². The van der Waals surface area contributed by atoms with E-state index in [1.807, 2.05) is 30.3 Å². The molecule has 3 N–H and O–H groups in total. The van der Waals surface area contributed by atoms with Crippen LogP contribution in [0.1, 0.15) is 77.2 Å². The molecule has 0 aromatic heterocycles. The molecule has 0 spiro atoms. The molecule has 38 heavy (non-hydrogen) atoms. The first kappa shape index (κ1) is 31.8. The monoisotopic (exact) mass is 553 g/mol. The van der Waals surface area contributed by atoms with Crippen LogP contribution in [-0.4, -0.2) is 65.9 Å². The number of hydrogen-bond acceptors (Lipinski definition) is 6. The predicted octanol–water partition coefficient (Wildman–Crippen LogP) is 4.93. The number of carboxylic acids is 1. The normalized spacial score (nSPS) is 17.5. The highest BCUT2D eigenvalue weighted by atomic mass is 31.2. The molecule has 1 aliphatic heterocycles. The first-order chi connectivity index (χ1) is 18.3. The topological polar surface area (TPSA) is 134 Å². The molecule has 1 aliphatic rings. The first-order valence-electron chi connectivity index (χ1n) is 13.8. The van der Waals surface area contributed by atoms with Gasteiger partial charge in [-0.25, -0.2) is 14.7 Å². The average molecular weight is 554 g/mol. The molecular weight excluding hydrogens is 509 g/mol. The van der Waals surface area contributed by atoms with E-state index in [2.05, 4.69) is 17.3 Å². The maximum absolute atomic E-state index is 13.6. The van der Waals surface area contributed by atoms with Crippen LogP contribution < -0.4 is 10.4 Å². The van der Waals surface area contributed by atoms with Gasteiger partial charge in [0.1, 0.15) is 12.6 Å². The quantitative estimate of drug-likeness (QED) is 0.172. The minimum absolute atomic E-state index is 0.179. The molecule has 1 aromatic carbocycles. The summed E-state index contributed by atoms with van der Waals surface area (Å²) in [6.45, 7) is 5.01. The number of carbonyl (C=O) groups is 3. The number of amides is 2. The molecular formula is C27H44N3O7P. The van der Waals surface area contributed by atoms with Gasteiger partial charge in [-0.3, -0.25) is 9.36 Å². The second-order valence-electron chi connectivity index (χ2n) is 9.57. The summed E-state index contributed by atoms with van der Waals surface area (Å²) < 4.78 is 24.4. The van der Waals surface area contributed by atoms with Crippen LogP contribution in [0.25, 0.3) is 0 Å². The number of rotatable bonds is 18. The number of carbonyl (C=O) groups excluding carboxylic acids is 2. The third-order valence-corrected chi connectivity index (χ3v) is 8.80. The second-order valence-corrected chi connectivity index (χ2v) is 11.9. The molecule has 1 saturated heterocycles. The molecule has 0 aliphatic carbocycles. The van der Waals surface area contributed by atoms with Crippen molar-refractivity contribution in [3.8, 4) is 0 Å². The summed E-state index contributed by atoms with van der Waals surface area (Å²) in [5, 5.41) is 15.3. The van der Waals surface area contributed by atoms with Gasteiger partial charge < -0.3 is 24.6 Å². The fourth-order valence-electron chi connectivity index (χ4n) is 4.53. The van der Waals surface area contributed by atoms with Crippen LogP contribution in [0, 0.1) is 0 Å². The fourth-order valence-corrected chi connectivity index (χ4v) is 6.63. The third-order valence-electron chi connectivity index (χ3n) is 6.52. The van der Waals surface area contributed by atoms with Crippen LogP contribution in [0.15, 0.2) is 30.3 Å². The summed E-state index contributed by atoms with van der Waals surface area (Å²) in [6, 6.07) is 7.68. The maximum Gasteiger partial charge on any atom is 0.407 e. The summed E-state index contributed by atoms with van der Waals surface area (Å²) in [5.41, 5.74) is 0.894. The van der Waals surface area contributed by atoms with Crippen LogP contribution in [0.2, 0.25) is 0 Å². The van der Waals surface area contributed by atoms with E-state index in [-0.39, 0.29) is 19.1 Å². The summed E-state index contributed by atoms with van der Waals surface area (Å²) in [4.78, 5) is 38.5. The Morgan fingerprint density at radius 2 is 1.87 bits per heavy atom. The Kier molecular flexibility index (Phi) is 14.4. The van der Waals surface area contributed by atoms with Crippen molar-refractivity contribution in [1.82, 2.24) is 15.3 Å². The van der Waals surface area contributed by atoms with Gasteiger partial charge in [0.15, 0.2) is 0 Å². The molecule has 2 rings (SSSR count). The van der Waals surface area contributed by atoms with Crippen molar-refractivity contribution in [3.63, 3.8) is 0 Å². The molecule has 214 valence electrons. The number of ether oxygens (including phenoxy) is 1.